The molecule has 0 atom stereocenters. The molecule has 3 nitrogen and oxygen atoms in total. The van der Waals surface area contributed by atoms with Crippen LogP contribution in [0.2, 0.25) is 0 Å². The van der Waals surface area contributed by atoms with Crippen molar-refractivity contribution >= 4 is 21.8 Å². The molecule has 0 radical (unpaired) electrons. The molecule has 0 bridgehead atoms. The smallest absolute Gasteiger partial charge is 0.254 e. The average molecular weight is 260 g/mol. The van der Waals surface area contributed by atoms with E-state index >= 15 is 0 Å². The summed E-state index contributed by atoms with van der Waals surface area (Å²) in [6, 6.07) is 1.65. The van der Waals surface area contributed by atoms with Crippen LogP contribution in [-0.2, 0) is 0 Å². The molecule has 14 heavy (non-hydrogen) atoms. The highest BCUT2D eigenvalue weighted by Gasteiger charge is 2.20. The average Bonchev–Trinajstić information content (AvgIpc) is 2.53. The maximum atomic E-state index is 11.6. The van der Waals surface area contributed by atoms with E-state index in [0.29, 0.717) is 5.56 Å². The zero-order valence-electron chi connectivity index (χ0n) is 8.34. The molecule has 1 N–H and O–H groups in total. The Bertz CT molecular complexity index is 293. The fourth-order valence-electron chi connectivity index (χ4n) is 1.07. The lowest BCUT2D eigenvalue weighted by molar-refractivity contribution is 0.0911. The monoisotopic (exact) mass is 259 g/mol. The van der Waals surface area contributed by atoms with Crippen LogP contribution < -0.4 is 5.32 Å². The molecule has 0 spiro atoms. The van der Waals surface area contributed by atoms with Gasteiger partial charge in [0.1, 0.15) is 6.26 Å². The van der Waals surface area contributed by atoms with Crippen molar-refractivity contribution in [3.05, 3.63) is 24.2 Å². The van der Waals surface area contributed by atoms with Gasteiger partial charge in [0.25, 0.3) is 5.91 Å². The molecular formula is C10H14BrNO2. The van der Waals surface area contributed by atoms with Crippen LogP contribution in [-0.4, -0.2) is 16.8 Å². The number of carbonyl (C=O) groups is 1. The molecule has 1 rings (SSSR count). The van der Waals surface area contributed by atoms with Crippen molar-refractivity contribution in [3.63, 3.8) is 0 Å². The number of alkyl halides is 1. The van der Waals surface area contributed by atoms with E-state index < -0.39 is 0 Å². The van der Waals surface area contributed by atoms with E-state index in [-0.39, 0.29) is 11.4 Å². The second-order valence-corrected chi connectivity index (χ2v) is 4.58. The Morgan fingerprint density at radius 3 is 2.86 bits per heavy atom. The highest BCUT2D eigenvalue weighted by Crippen LogP contribution is 2.11. The van der Waals surface area contributed by atoms with Crippen LogP contribution in [0.25, 0.3) is 0 Å². The maximum Gasteiger partial charge on any atom is 0.254 e. The van der Waals surface area contributed by atoms with Crippen LogP contribution in [0, 0.1) is 0 Å². The summed E-state index contributed by atoms with van der Waals surface area (Å²) in [7, 11) is 0. The first kappa shape index (κ1) is 11.3. The number of halogens is 1. The molecule has 0 aromatic carbocycles. The second-order valence-electron chi connectivity index (χ2n) is 3.79. The predicted molar refractivity (Wildman–Crippen MR) is 58.7 cm³/mol. The summed E-state index contributed by atoms with van der Waals surface area (Å²) in [6.45, 7) is 3.98. The lowest BCUT2D eigenvalue weighted by Crippen LogP contribution is -2.43. The molecule has 1 aromatic rings. The third kappa shape index (κ3) is 3.18. The molecule has 4 heteroatoms. The van der Waals surface area contributed by atoms with Crippen molar-refractivity contribution in [2.45, 2.75) is 25.8 Å². The van der Waals surface area contributed by atoms with E-state index in [1.165, 1.54) is 12.5 Å². The van der Waals surface area contributed by atoms with Gasteiger partial charge in [-0.3, -0.25) is 4.79 Å². The van der Waals surface area contributed by atoms with Crippen molar-refractivity contribution in [2.24, 2.45) is 0 Å². The Labute approximate surface area is 92.0 Å². The van der Waals surface area contributed by atoms with Gasteiger partial charge in [0.05, 0.1) is 11.8 Å². The van der Waals surface area contributed by atoms with Gasteiger partial charge in [-0.1, -0.05) is 15.9 Å². The fourth-order valence-corrected chi connectivity index (χ4v) is 2.06. The van der Waals surface area contributed by atoms with Gasteiger partial charge >= 0.3 is 0 Å². The summed E-state index contributed by atoms with van der Waals surface area (Å²) in [5.41, 5.74) is 0.366. The van der Waals surface area contributed by atoms with E-state index in [1.54, 1.807) is 6.07 Å². The fraction of sp³-hybridized carbons (Fsp3) is 0.500. The minimum absolute atomic E-state index is 0.0929. The molecule has 0 saturated heterocycles. The predicted octanol–water partition coefficient (Wildman–Crippen LogP) is 2.57. The summed E-state index contributed by atoms with van der Waals surface area (Å²) >= 11 is 3.35. The molecule has 1 amide bonds. The van der Waals surface area contributed by atoms with Crippen LogP contribution in [0.15, 0.2) is 23.0 Å². The van der Waals surface area contributed by atoms with Gasteiger partial charge in [-0.05, 0) is 26.3 Å². The zero-order valence-corrected chi connectivity index (χ0v) is 9.93. The number of nitrogens with one attached hydrogen (secondary N) is 1. The Morgan fingerprint density at radius 1 is 1.64 bits per heavy atom. The van der Waals surface area contributed by atoms with Crippen molar-refractivity contribution < 1.29 is 9.21 Å². The molecule has 0 aliphatic carbocycles. The first-order chi connectivity index (χ1) is 6.55. The highest BCUT2D eigenvalue weighted by atomic mass is 79.9. The van der Waals surface area contributed by atoms with Crippen LogP contribution in [0.4, 0.5) is 0 Å². The summed E-state index contributed by atoms with van der Waals surface area (Å²) in [5, 5.41) is 3.80. The summed E-state index contributed by atoms with van der Waals surface area (Å²) < 4.78 is 4.84. The van der Waals surface area contributed by atoms with Crippen molar-refractivity contribution in [1.29, 1.82) is 0 Å². The van der Waals surface area contributed by atoms with Crippen LogP contribution >= 0.6 is 15.9 Å². The molecule has 0 unspecified atom stereocenters. The number of hydrogen-bond acceptors (Lipinski definition) is 2. The van der Waals surface area contributed by atoms with Gasteiger partial charge in [-0.2, -0.15) is 0 Å². The van der Waals surface area contributed by atoms with Crippen molar-refractivity contribution in [1.82, 2.24) is 5.32 Å². The van der Waals surface area contributed by atoms with Gasteiger partial charge < -0.3 is 9.73 Å². The molecule has 0 aliphatic heterocycles. The molecule has 78 valence electrons. The molecule has 1 aromatic heterocycles. The van der Waals surface area contributed by atoms with Gasteiger partial charge in [0, 0.05) is 10.9 Å². The Kier molecular flexibility index (Phi) is 3.75. The third-order valence-electron chi connectivity index (χ3n) is 1.95. The Morgan fingerprint density at radius 2 is 2.36 bits per heavy atom. The minimum Gasteiger partial charge on any atom is -0.472 e. The molecular weight excluding hydrogens is 246 g/mol. The van der Waals surface area contributed by atoms with Crippen molar-refractivity contribution in [2.75, 3.05) is 5.33 Å². The SMILES string of the molecule is CC(C)(CCBr)NC(=O)c1ccoc1. The van der Waals surface area contributed by atoms with Crippen LogP contribution in [0.5, 0.6) is 0 Å². The maximum absolute atomic E-state index is 11.6. The quantitative estimate of drug-likeness (QED) is 0.845. The van der Waals surface area contributed by atoms with E-state index in [4.69, 9.17) is 4.42 Å². The van der Waals surface area contributed by atoms with Gasteiger partial charge in [-0.25, -0.2) is 0 Å². The topological polar surface area (TPSA) is 42.2 Å². The van der Waals surface area contributed by atoms with E-state index in [9.17, 15) is 4.79 Å². The Hall–Kier alpha value is -0.770. The third-order valence-corrected chi connectivity index (χ3v) is 2.35. The number of amides is 1. The van der Waals surface area contributed by atoms with E-state index in [2.05, 4.69) is 21.2 Å². The summed E-state index contributed by atoms with van der Waals surface area (Å²) in [4.78, 5) is 11.6. The number of carbonyl (C=O) groups excluding carboxylic acids is 1. The number of rotatable bonds is 4. The number of hydrogen-bond donors (Lipinski definition) is 1. The lowest BCUT2D eigenvalue weighted by atomic mass is 10.0. The molecule has 1 heterocycles. The first-order valence-electron chi connectivity index (χ1n) is 4.46. The molecule has 0 fully saturated rings. The lowest BCUT2D eigenvalue weighted by Gasteiger charge is -2.24. The molecule has 0 saturated carbocycles. The zero-order chi connectivity index (χ0) is 10.6. The largest absolute Gasteiger partial charge is 0.472 e. The van der Waals surface area contributed by atoms with Crippen LogP contribution in [0.3, 0.4) is 0 Å². The standard InChI is InChI=1S/C10H14BrNO2/c1-10(2,4-5-11)12-9(13)8-3-6-14-7-8/h3,6-7H,4-5H2,1-2H3,(H,12,13). The highest BCUT2D eigenvalue weighted by molar-refractivity contribution is 9.09. The van der Waals surface area contributed by atoms with Crippen LogP contribution in [0.1, 0.15) is 30.6 Å². The van der Waals surface area contributed by atoms with Gasteiger partial charge in [-0.15, -0.1) is 0 Å². The van der Waals surface area contributed by atoms with E-state index in [0.717, 1.165) is 11.8 Å². The second kappa shape index (κ2) is 4.64. The van der Waals surface area contributed by atoms with E-state index in [1.807, 2.05) is 13.8 Å². The Balaban J connectivity index is 2.57. The van der Waals surface area contributed by atoms with Gasteiger partial charge in [0.2, 0.25) is 0 Å². The minimum atomic E-state index is -0.197. The van der Waals surface area contributed by atoms with Gasteiger partial charge in [0.15, 0.2) is 0 Å². The first-order valence-corrected chi connectivity index (χ1v) is 5.58. The number of furan rings is 1. The molecule has 0 aliphatic rings. The van der Waals surface area contributed by atoms with Crippen molar-refractivity contribution in [3.8, 4) is 0 Å². The summed E-state index contributed by atoms with van der Waals surface area (Å²) in [6.07, 6.45) is 3.82. The normalized spacial score (nSPS) is 11.4. The summed E-state index contributed by atoms with van der Waals surface area (Å²) in [5.74, 6) is -0.0929.